The van der Waals surface area contributed by atoms with Crippen LogP contribution >= 0.6 is 23.2 Å². The minimum atomic E-state index is -4.54. The second-order valence-corrected chi connectivity index (χ2v) is 10.3. The minimum Gasteiger partial charge on any atom is -0.870 e. The molecule has 4 aromatic carbocycles. The largest absolute Gasteiger partial charge is 1.00 e. The predicted octanol–water partition coefficient (Wildman–Crippen LogP) is 3.85. The molecule has 0 aliphatic carbocycles. The maximum atomic E-state index is 13.4. The van der Waals surface area contributed by atoms with E-state index in [2.05, 4.69) is 15.5 Å². The Labute approximate surface area is 256 Å². The van der Waals surface area contributed by atoms with Crippen LogP contribution in [0.3, 0.4) is 0 Å². The van der Waals surface area contributed by atoms with Crippen LogP contribution in [0.25, 0.3) is 10.8 Å². The fraction of sp³-hybridized carbons (Fsp3) is 0.115. The summed E-state index contributed by atoms with van der Waals surface area (Å²) in [5, 5.41) is 25.4. The molecule has 0 bridgehead atoms. The van der Waals surface area contributed by atoms with Crippen LogP contribution in [-0.4, -0.2) is 25.5 Å². The zero-order valence-corrected chi connectivity index (χ0v) is 25.4. The normalized spacial score (nSPS) is 11.4. The molecule has 0 unspecified atom stereocenters. The fourth-order valence-electron chi connectivity index (χ4n) is 3.72. The van der Waals surface area contributed by atoms with E-state index in [0.717, 1.165) is 6.07 Å². The number of ether oxygens (including phenoxy) is 1. The van der Waals surface area contributed by atoms with E-state index in [1.165, 1.54) is 12.1 Å². The Morgan fingerprint density at radius 3 is 2.46 bits per heavy atom. The van der Waals surface area contributed by atoms with Gasteiger partial charge >= 0.3 is 29.6 Å². The van der Waals surface area contributed by atoms with Crippen molar-refractivity contribution < 1.29 is 57.2 Å². The predicted molar refractivity (Wildman–Crippen MR) is 144 cm³/mol. The van der Waals surface area contributed by atoms with Crippen molar-refractivity contribution in [2.75, 3.05) is 11.9 Å². The van der Waals surface area contributed by atoms with Crippen molar-refractivity contribution >= 4 is 67.1 Å². The Kier molecular flexibility index (Phi) is 10.0. The quantitative estimate of drug-likeness (QED) is 0.189. The molecule has 0 atom stereocenters. The molecule has 13 heteroatoms. The number of nitrogens with zero attached hydrogens (tertiary/aromatic N) is 2. The topological polar surface area (TPSA) is 140 Å². The molecule has 0 spiro atoms. The first-order chi connectivity index (χ1) is 18.0. The van der Waals surface area contributed by atoms with Gasteiger partial charge in [0.1, 0.15) is 4.90 Å². The summed E-state index contributed by atoms with van der Waals surface area (Å²) < 4.78 is 37.9. The molecule has 0 saturated heterocycles. The summed E-state index contributed by atoms with van der Waals surface area (Å²) in [6.45, 7) is 3.63. The zero-order chi connectivity index (χ0) is 27.6. The molecule has 0 aliphatic heterocycles. The number of halogens is 2. The van der Waals surface area contributed by atoms with Gasteiger partial charge in [0.05, 0.1) is 33.7 Å². The zero-order valence-electron chi connectivity index (χ0n) is 21.0. The maximum Gasteiger partial charge on any atom is 1.00 e. The van der Waals surface area contributed by atoms with Gasteiger partial charge in [0, 0.05) is 10.9 Å². The molecule has 2 N–H and O–H groups in total. The average Bonchev–Trinajstić information content (AvgIpc) is 2.86. The first-order valence-electron chi connectivity index (χ1n) is 11.2. The number of aryl methyl sites for hydroxylation is 1. The number of anilines is 1. The molecule has 0 radical (unpaired) electrons. The molecule has 0 fully saturated rings. The van der Waals surface area contributed by atoms with Crippen LogP contribution < -0.4 is 44.7 Å². The molecule has 0 aromatic heterocycles. The van der Waals surface area contributed by atoms with Gasteiger partial charge in [-0.15, -0.1) is 0 Å². The van der Waals surface area contributed by atoms with Gasteiger partial charge in [-0.1, -0.05) is 59.3 Å². The summed E-state index contributed by atoms with van der Waals surface area (Å²) in [5.74, 6) is -1.10. The third-order valence-electron chi connectivity index (χ3n) is 5.51. The number of carbonyl (C=O) groups is 1. The van der Waals surface area contributed by atoms with Crippen molar-refractivity contribution in [1.82, 2.24) is 0 Å². The average molecular weight is 596 g/mol. The summed E-state index contributed by atoms with van der Waals surface area (Å²) in [5.41, 5.74) is 0.515. The molecule has 39 heavy (non-hydrogen) atoms. The number of amides is 1. The van der Waals surface area contributed by atoms with Gasteiger partial charge in [-0.05, 0) is 55.1 Å². The molecule has 0 heterocycles. The number of para-hydroxylation sites is 1. The van der Waals surface area contributed by atoms with Crippen LogP contribution in [0.4, 0.5) is 17.1 Å². The van der Waals surface area contributed by atoms with Gasteiger partial charge in [0.25, 0.3) is 16.0 Å². The maximum absolute atomic E-state index is 13.4. The molecule has 0 saturated carbocycles. The molecule has 0 aliphatic rings. The standard InChI is InChI=1S/C26H21Cl2N3O6S.Na/c1-3-37-25-18(27)9-6-10-20(25)29-26(33)17-12-15-7-4-5-8-16(15)23(24(17)32)31-30-21-13-19(28)22(11-14(21)2)38(34,35)36;/h4-13,32H,3H2,1-2H3,(H,29,33)(H,34,35,36);/q;+1/p-1. The molecule has 4 rings (SSSR count). The summed E-state index contributed by atoms with van der Waals surface area (Å²) in [6.07, 6.45) is 0. The third kappa shape index (κ3) is 6.72. The van der Waals surface area contributed by atoms with Gasteiger partial charge in [0.15, 0.2) is 5.75 Å². The van der Waals surface area contributed by atoms with Crippen LogP contribution in [0.2, 0.25) is 10.0 Å². The number of nitrogens with one attached hydrogen (secondary N) is 1. The number of azo groups is 1. The first-order valence-corrected chi connectivity index (χ1v) is 13.4. The van der Waals surface area contributed by atoms with Crippen LogP contribution in [0, 0.1) is 6.92 Å². The van der Waals surface area contributed by atoms with Crippen molar-refractivity contribution in [1.29, 1.82) is 0 Å². The summed E-state index contributed by atoms with van der Waals surface area (Å²) >= 11 is 12.2. The van der Waals surface area contributed by atoms with Crippen molar-refractivity contribution in [3.8, 4) is 11.5 Å². The number of carbonyl (C=O) groups excluding carboxylic acids is 1. The monoisotopic (exact) mass is 595 g/mol. The Morgan fingerprint density at radius 1 is 1.05 bits per heavy atom. The van der Waals surface area contributed by atoms with Crippen molar-refractivity contribution in [3.63, 3.8) is 0 Å². The molecule has 196 valence electrons. The SMILES string of the molecule is CCOc1c(Cl)cccc1NC(=O)c1cc2ccccc2c(N=Nc2cc(Cl)c(S(=O)(=O)O)cc2C)c1[O-].[Na+]. The fourth-order valence-corrected chi connectivity index (χ4v) is 5.03. The number of benzene rings is 4. The Morgan fingerprint density at radius 2 is 1.77 bits per heavy atom. The first kappa shape index (κ1) is 30.8. The van der Waals surface area contributed by atoms with Gasteiger partial charge < -0.3 is 15.2 Å². The van der Waals surface area contributed by atoms with Crippen molar-refractivity contribution in [2.45, 2.75) is 18.7 Å². The third-order valence-corrected chi connectivity index (χ3v) is 7.13. The Bertz CT molecular complexity index is 1710. The molecule has 9 nitrogen and oxygen atoms in total. The van der Waals surface area contributed by atoms with Gasteiger partial charge in [-0.25, -0.2) is 0 Å². The van der Waals surface area contributed by atoms with E-state index in [4.69, 9.17) is 27.9 Å². The molecule has 4 aromatic rings. The molecular formula is C26H20Cl2N3NaO6S. The summed E-state index contributed by atoms with van der Waals surface area (Å²) in [6, 6.07) is 15.5. The van der Waals surface area contributed by atoms with E-state index in [9.17, 15) is 22.9 Å². The van der Waals surface area contributed by atoms with Gasteiger partial charge in [-0.2, -0.15) is 18.6 Å². The molecular weight excluding hydrogens is 576 g/mol. The molecule has 1 amide bonds. The van der Waals surface area contributed by atoms with Crippen molar-refractivity contribution in [2.24, 2.45) is 10.2 Å². The number of fused-ring (bicyclic) bond motifs is 1. The van der Waals surface area contributed by atoms with E-state index in [1.54, 1.807) is 56.3 Å². The van der Waals surface area contributed by atoms with Crippen LogP contribution in [-0.2, 0) is 10.1 Å². The van der Waals surface area contributed by atoms with E-state index < -0.39 is 26.7 Å². The minimum absolute atomic E-state index is 0. The van der Waals surface area contributed by atoms with E-state index in [1.807, 2.05) is 0 Å². The van der Waals surface area contributed by atoms with Gasteiger partial charge in [0.2, 0.25) is 0 Å². The summed E-state index contributed by atoms with van der Waals surface area (Å²) in [7, 11) is -4.54. The van der Waals surface area contributed by atoms with E-state index in [-0.39, 0.29) is 57.3 Å². The van der Waals surface area contributed by atoms with Crippen LogP contribution in [0.1, 0.15) is 22.8 Å². The number of rotatable bonds is 7. The van der Waals surface area contributed by atoms with Crippen LogP contribution in [0.5, 0.6) is 11.5 Å². The van der Waals surface area contributed by atoms with E-state index in [0.29, 0.717) is 33.7 Å². The second-order valence-electron chi connectivity index (χ2n) is 8.07. The summed E-state index contributed by atoms with van der Waals surface area (Å²) in [4.78, 5) is 12.7. The Balaban J connectivity index is 0.00000420. The number of hydrogen-bond acceptors (Lipinski definition) is 7. The van der Waals surface area contributed by atoms with Crippen molar-refractivity contribution in [3.05, 3.63) is 81.8 Å². The smallest absolute Gasteiger partial charge is 0.870 e. The van der Waals surface area contributed by atoms with E-state index >= 15 is 0 Å². The van der Waals surface area contributed by atoms with Crippen LogP contribution in [0.15, 0.2) is 75.8 Å². The Hall–Kier alpha value is -2.70. The number of hydrogen-bond donors (Lipinski definition) is 2. The van der Waals surface area contributed by atoms with Gasteiger partial charge in [-0.3, -0.25) is 9.35 Å². The second kappa shape index (κ2) is 12.6.